The number of rotatable bonds is 2. The number of nitrogens with two attached hydrogens (primary N) is 1. The lowest BCUT2D eigenvalue weighted by atomic mass is 10.2. The molecule has 0 aliphatic carbocycles. The SMILES string of the molecule is NCCc1nc2ccccc2nc1Cl. The summed E-state index contributed by atoms with van der Waals surface area (Å²) in [6.45, 7) is 0.534. The minimum atomic E-state index is 0.453. The Balaban J connectivity index is 2.59. The van der Waals surface area contributed by atoms with Gasteiger partial charge in [0.05, 0.1) is 16.7 Å². The van der Waals surface area contributed by atoms with Crippen molar-refractivity contribution < 1.29 is 0 Å². The molecule has 0 saturated carbocycles. The monoisotopic (exact) mass is 207 g/mol. The van der Waals surface area contributed by atoms with E-state index in [9.17, 15) is 0 Å². The molecule has 0 bridgehead atoms. The number of nitrogens with zero attached hydrogens (tertiary/aromatic N) is 2. The molecule has 0 amide bonds. The van der Waals surface area contributed by atoms with Gasteiger partial charge in [-0.3, -0.25) is 0 Å². The first-order valence-corrected chi connectivity index (χ1v) is 4.80. The predicted octanol–water partition coefficient (Wildman–Crippen LogP) is 1.78. The maximum absolute atomic E-state index is 5.95. The highest BCUT2D eigenvalue weighted by atomic mass is 35.5. The highest BCUT2D eigenvalue weighted by Crippen LogP contribution is 2.16. The van der Waals surface area contributed by atoms with Crippen molar-refractivity contribution in [1.29, 1.82) is 0 Å². The molecule has 0 aliphatic heterocycles. The van der Waals surface area contributed by atoms with E-state index in [0.29, 0.717) is 18.1 Å². The fraction of sp³-hybridized carbons (Fsp3) is 0.200. The molecule has 0 spiro atoms. The van der Waals surface area contributed by atoms with Crippen LogP contribution in [-0.2, 0) is 6.42 Å². The van der Waals surface area contributed by atoms with Crippen LogP contribution in [0.3, 0.4) is 0 Å². The Morgan fingerprint density at radius 3 is 2.43 bits per heavy atom. The second kappa shape index (κ2) is 3.90. The molecule has 1 aromatic heterocycles. The van der Waals surface area contributed by atoms with E-state index in [2.05, 4.69) is 9.97 Å². The fourth-order valence-electron chi connectivity index (χ4n) is 1.31. The largest absolute Gasteiger partial charge is 0.330 e. The number of benzene rings is 1. The number of hydrogen-bond donors (Lipinski definition) is 1. The van der Waals surface area contributed by atoms with Gasteiger partial charge in [-0.2, -0.15) is 0 Å². The summed E-state index contributed by atoms with van der Waals surface area (Å²) in [6, 6.07) is 7.65. The zero-order valence-electron chi connectivity index (χ0n) is 7.57. The van der Waals surface area contributed by atoms with Crippen LogP contribution in [-0.4, -0.2) is 16.5 Å². The van der Waals surface area contributed by atoms with E-state index in [1.807, 2.05) is 24.3 Å². The lowest BCUT2D eigenvalue weighted by Crippen LogP contribution is -2.06. The van der Waals surface area contributed by atoms with Crippen molar-refractivity contribution in [3.8, 4) is 0 Å². The maximum Gasteiger partial charge on any atom is 0.151 e. The smallest absolute Gasteiger partial charge is 0.151 e. The third-order valence-corrected chi connectivity index (χ3v) is 2.28. The molecule has 0 atom stereocenters. The van der Waals surface area contributed by atoms with E-state index in [1.165, 1.54) is 0 Å². The molecule has 14 heavy (non-hydrogen) atoms. The second-order valence-electron chi connectivity index (χ2n) is 2.99. The standard InChI is InChI=1S/C10H10ClN3/c11-10-9(5-6-12)13-7-3-1-2-4-8(7)14-10/h1-4H,5-6,12H2. The van der Waals surface area contributed by atoms with E-state index in [-0.39, 0.29) is 0 Å². The minimum absolute atomic E-state index is 0.453. The highest BCUT2D eigenvalue weighted by molar-refractivity contribution is 6.30. The van der Waals surface area contributed by atoms with E-state index in [4.69, 9.17) is 17.3 Å². The van der Waals surface area contributed by atoms with Crippen molar-refractivity contribution in [2.45, 2.75) is 6.42 Å². The molecule has 0 aliphatic rings. The number of halogens is 1. The van der Waals surface area contributed by atoms with Crippen molar-refractivity contribution in [2.75, 3.05) is 6.54 Å². The third kappa shape index (κ3) is 1.69. The molecule has 1 aromatic carbocycles. The molecular weight excluding hydrogens is 198 g/mol. The number of para-hydroxylation sites is 2. The average Bonchev–Trinajstić information content (AvgIpc) is 2.19. The summed E-state index contributed by atoms with van der Waals surface area (Å²) >= 11 is 5.95. The number of fused-ring (bicyclic) bond motifs is 1. The van der Waals surface area contributed by atoms with Gasteiger partial charge in [0.15, 0.2) is 5.15 Å². The van der Waals surface area contributed by atoms with E-state index in [1.54, 1.807) is 0 Å². The Labute approximate surface area is 86.9 Å². The van der Waals surface area contributed by atoms with Gasteiger partial charge in [-0.15, -0.1) is 0 Å². The Morgan fingerprint density at radius 1 is 1.14 bits per heavy atom. The van der Waals surface area contributed by atoms with Gasteiger partial charge in [-0.05, 0) is 18.7 Å². The molecular formula is C10H10ClN3. The molecule has 0 saturated heterocycles. The molecule has 0 radical (unpaired) electrons. The van der Waals surface area contributed by atoms with Crippen LogP contribution in [0.1, 0.15) is 5.69 Å². The molecule has 0 unspecified atom stereocenters. The summed E-state index contributed by atoms with van der Waals surface area (Å²) in [6.07, 6.45) is 0.663. The predicted molar refractivity (Wildman–Crippen MR) is 57.3 cm³/mol. The van der Waals surface area contributed by atoms with Gasteiger partial charge in [-0.25, -0.2) is 9.97 Å². The molecule has 1 heterocycles. The summed E-state index contributed by atoms with van der Waals surface area (Å²) < 4.78 is 0. The number of aromatic nitrogens is 2. The molecule has 0 fully saturated rings. The molecule has 4 heteroatoms. The highest BCUT2D eigenvalue weighted by Gasteiger charge is 2.04. The van der Waals surface area contributed by atoms with E-state index in [0.717, 1.165) is 16.7 Å². The fourth-order valence-corrected chi connectivity index (χ4v) is 1.54. The molecule has 72 valence electrons. The van der Waals surface area contributed by atoms with Gasteiger partial charge in [0.2, 0.25) is 0 Å². The Bertz CT molecular complexity index is 456. The van der Waals surface area contributed by atoms with Gasteiger partial charge >= 0.3 is 0 Å². The minimum Gasteiger partial charge on any atom is -0.330 e. The van der Waals surface area contributed by atoms with Gasteiger partial charge in [0, 0.05) is 6.42 Å². The lowest BCUT2D eigenvalue weighted by Gasteiger charge is -2.02. The molecule has 2 aromatic rings. The van der Waals surface area contributed by atoms with Crippen molar-refractivity contribution >= 4 is 22.6 Å². The van der Waals surface area contributed by atoms with Crippen molar-refractivity contribution in [2.24, 2.45) is 5.73 Å². The Kier molecular flexibility index (Phi) is 2.61. The van der Waals surface area contributed by atoms with Crippen molar-refractivity contribution in [3.05, 3.63) is 35.1 Å². The van der Waals surface area contributed by atoms with Crippen LogP contribution in [0.2, 0.25) is 5.15 Å². The van der Waals surface area contributed by atoms with Crippen LogP contribution < -0.4 is 5.73 Å². The summed E-state index contributed by atoms with van der Waals surface area (Å²) in [5.41, 5.74) is 7.90. The summed E-state index contributed by atoms with van der Waals surface area (Å²) in [5, 5.41) is 0.453. The Hall–Kier alpha value is -1.19. The zero-order valence-corrected chi connectivity index (χ0v) is 8.33. The summed E-state index contributed by atoms with van der Waals surface area (Å²) in [7, 11) is 0. The van der Waals surface area contributed by atoms with Gasteiger partial charge in [-0.1, -0.05) is 23.7 Å². The van der Waals surface area contributed by atoms with Gasteiger partial charge in [0.25, 0.3) is 0 Å². The van der Waals surface area contributed by atoms with E-state index < -0.39 is 0 Å². The first-order valence-electron chi connectivity index (χ1n) is 4.42. The average molecular weight is 208 g/mol. The number of hydrogen-bond acceptors (Lipinski definition) is 3. The van der Waals surface area contributed by atoms with Crippen LogP contribution in [0, 0.1) is 0 Å². The second-order valence-corrected chi connectivity index (χ2v) is 3.35. The van der Waals surface area contributed by atoms with Crippen LogP contribution in [0.4, 0.5) is 0 Å². The lowest BCUT2D eigenvalue weighted by molar-refractivity contribution is 0.922. The summed E-state index contributed by atoms with van der Waals surface area (Å²) in [5.74, 6) is 0. The Morgan fingerprint density at radius 2 is 1.79 bits per heavy atom. The van der Waals surface area contributed by atoms with Crippen LogP contribution in [0.25, 0.3) is 11.0 Å². The first-order chi connectivity index (χ1) is 6.81. The van der Waals surface area contributed by atoms with Crippen LogP contribution in [0.15, 0.2) is 24.3 Å². The zero-order chi connectivity index (χ0) is 9.97. The van der Waals surface area contributed by atoms with Crippen LogP contribution in [0.5, 0.6) is 0 Å². The van der Waals surface area contributed by atoms with Gasteiger partial charge in [0.1, 0.15) is 0 Å². The maximum atomic E-state index is 5.95. The van der Waals surface area contributed by atoms with Crippen molar-refractivity contribution in [3.63, 3.8) is 0 Å². The molecule has 2 N–H and O–H groups in total. The summed E-state index contributed by atoms with van der Waals surface area (Å²) in [4.78, 5) is 8.63. The van der Waals surface area contributed by atoms with Crippen molar-refractivity contribution in [1.82, 2.24) is 9.97 Å². The van der Waals surface area contributed by atoms with Crippen LogP contribution >= 0.6 is 11.6 Å². The topological polar surface area (TPSA) is 51.8 Å². The van der Waals surface area contributed by atoms with E-state index >= 15 is 0 Å². The first kappa shape index (κ1) is 9.37. The third-order valence-electron chi connectivity index (χ3n) is 1.98. The normalized spacial score (nSPS) is 10.7. The quantitative estimate of drug-likeness (QED) is 0.817. The molecule has 2 rings (SSSR count). The molecule has 3 nitrogen and oxygen atoms in total. The van der Waals surface area contributed by atoms with Gasteiger partial charge < -0.3 is 5.73 Å².